The smallest absolute Gasteiger partial charge is 0.153 e. The van der Waals surface area contributed by atoms with Crippen molar-refractivity contribution in [3.8, 4) is 0 Å². The Kier molecular flexibility index (Phi) is 5.44. The fourth-order valence-corrected chi connectivity index (χ4v) is 2.10. The summed E-state index contributed by atoms with van der Waals surface area (Å²) < 4.78 is 0. The van der Waals surface area contributed by atoms with Gasteiger partial charge in [-0.15, -0.1) is 0 Å². The lowest BCUT2D eigenvalue weighted by Gasteiger charge is -2.13. The molecule has 2 N–H and O–H groups in total. The van der Waals surface area contributed by atoms with Crippen LogP contribution in [0.1, 0.15) is 25.8 Å². The van der Waals surface area contributed by atoms with Gasteiger partial charge >= 0.3 is 0 Å². The van der Waals surface area contributed by atoms with Gasteiger partial charge in [-0.05, 0) is 30.0 Å². The van der Waals surface area contributed by atoms with Gasteiger partial charge in [-0.2, -0.15) is 0 Å². The molecule has 17 heavy (non-hydrogen) atoms. The molecule has 2 nitrogen and oxygen atoms in total. The molecule has 4 heteroatoms. The van der Waals surface area contributed by atoms with Gasteiger partial charge in [0.1, 0.15) is 0 Å². The summed E-state index contributed by atoms with van der Waals surface area (Å²) in [7, 11) is 0. The van der Waals surface area contributed by atoms with Crippen molar-refractivity contribution in [2.45, 2.75) is 32.7 Å². The number of Topliss-reactive ketones (excluding diaryl/α,β-unsaturated/α-hetero) is 1. The molecule has 0 heterocycles. The Morgan fingerprint density at radius 1 is 1.35 bits per heavy atom. The molecule has 1 atom stereocenters. The monoisotopic (exact) mass is 273 g/mol. The highest BCUT2D eigenvalue weighted by Gasteiger charge is 2.16. The maximum atomic E-state index is 11.9. The first kappa shape index (κ1) is 14.5. The average Bonchev–Trinajstić information content (AvgIpc) is 2.21. The van der Waals surface area contributed by atoms with Gasteiger partial charge in [0.15, 0.2) is 5.78 Å². The number of benzene rings is 1. The number of carbonyl (C=O) groups excluding carboxylic acids is 1. The third-order valence-corrected chi connectivity index (χ3v) is 3.11. The van der Waals surface area contributed by atoms with E-state index in [2.05, 4.69) is 0 Å². The van der Waals surface area contributed by atoms with Crippen molar-refractivity contribution in [3.05, 3.63) is 33.8 Å². The van der Waals surface area contributed by atoms with Gasteiger partial charge in [-0.1, -0.05) is 43.1 Å². The predicted octanol–water partition coefficient (Wildman–Crippen LogP) is 3.48. The summed E-state index contributed by atoms with van der Waals surface area (Å²) in [6.45, 7) is 4.09. The molecule has 0 aliphatic heterocycles. The second-order valence-electron chi connectivity index (χ2n) is 4.61. The highest BCUT2D eigenvalue weighted by atomic mass is 35.5. The lowest BCUT2D eigenvalue weighted by Crippen LogP contribution is -2.33. The molecule has 1 unspecified atom stereocenters. The topological polar surface area (TPSA) is 43.1 Å². The van der Waals surface area contributed by atoms with E-state index in [4.69, 9.17) is 28.9 Å². The van der Waals surface area contributed by atoms with Crippen LogP contribution in [0.4, 0.5) is 0 Å². The normalized spacial score (nSPS) is 12.8. The summed E-state index contributed by atoms with van der Waals surface area (Å²) in [4.78, 5) is 11.9. The Labute approximate surface area is 112 Å². The van der Waals surface area contributed by atoms with Crippen molar-refractivity contribution >= 4 is 29.0 Å². The van der Waals surface area contributed by atoms with Crippen molar-refractivity contribution < 1.29 is 4.79 Å². The maximum Gasteiger partial charge on any atom is 0.153 e. The summed E-state index contributed by atoms with van der Waals surface area (Å²) in [6.07, 6.45) is 0.966. The summed E-state index contributed by atoms with van der Waals surface area (Å²) in [5.74, 6) is 0.428. The molecule has 0 bridgehead atoms. The Morgan fingerprint density at radius 3 is 2.53 bits per heavy atom. The van der Waals surface area contributed by atoms with E-state index < -0.39 is 6.04 Å². The van der Waals surface area contributed by atoms with E-state index in [9.17, 15) is 4.79 Å². The standard InChI is InChI=1S/C13H17Cl2NO/c1-8(2)5-12(16)13(17)6-9-3-4-10(14)7-11(9)15/h3-4,7-8,12H,5-6,16H2,1-2H3. The van der Waals surface area contributed by atoms with Crippen molar-refractivity contribution in [2.24, 2.45) is 11.7 Å². The zero-order valence-corrected chi connectivity index (χ0v) is 11.6. The summed E-state index contributed by atoms with van der Waals surface area (Å²) >= 11 is 11.8. The largest absolute Gasteiger partial charge is 0.321 e. The van der Waals surface area contributed by atoms with Crippen molar-refractivity contribution in [2.75, 3.05) is 0 Å². The molecule has 0 spiro atoms. The zero-order valence-electron chi connectivity index (χ0n) is 10.0. The average molecular weight is 274 g/mol. The van der Waals surface area contributed by atoms with Gasteiger partial charge in [0, 0.05) is 16.5 Å². The summed E-state index contributed by atoms with van der Waals surface area (Å²) in [6, 6.07) is 4.72. The molecule has 1 aromatic carbocycles. The molecule has 0 saturated carbocycles. The number of rotatable bonds is 5. The first-order valence-corrected chi connectivity index (χ1v) is 6.38. The molecule has 0 radical (unpaired) electrons. The molecule has 0 fully saturated rings. The second kappa shape index (κ2) is 6.39. The lowest BCUT2D eigenvalue weighted by molar-refractivity contribution is -0.120. The van der Waals surface area contributed by atoms with E-state index in [1.54, 1.807) is 18.2 Å². The summed E-state index contributed by atoms with van der Waals surface area (Å²) in [5.41, 5.74) is 6.61. The molecular weight excluding hydrogens is 257 g/mol. The van der Waals surface area contributed by atoms with E-state index in [0.29, 0.717) is 22.4 Å². The zero-order chi connectivity index (χ0) is 13.0. The number of ketones is 1. The van der Waals surface area contributed by atoms with Crippen LogP contribution in [0.2, 0.25) is 10.0 Å². The molecular formula is C13H17Cl2NO. The van der Waals surface area contributed by atoms with Crippen molar-refractivity contribution in [1.29, 1.82) is 0 Å². The van der Waals surface area contributed by atoms with Crippen LogP contribution >= 0.6 is 23.2 Å². The minimum absolute atomic E-state index is 0.0166. The first-order chi connectivity index (χ1) is 7.90. The van der Waals surface area contributed by atoms with Crippen LogP contribution in [-0.2, 0) is 11.2 Å². The van der Waals surface area contributed by atoms with Crippen LogP contribution in [0.5, 0.6) is 0 Å². The first-order valence-electron chi connectivity index (χ1n) is 5.62. The second-order valence-corrected chi connectivity index (χ2v) is 5.46. The Balaban J connectivity index is 2.67. The minimum atomic E-state index is -0.415. The Hall–Kier alpha value is -0.570. The van der Waals surface area contributed by atoms with Gasteiger partial charge in [-0.3, -0.25) is 4.79 Å². The third-order valence-electron chi connectivity index (χ3n) is 2.52. The third kappa shape index (κ3) is 4.66. The molecule has 0 aromatic heterocycles. The van der Waals surface area contributed by atoms with Crippen LogP contribution in [-0.4, -0.2) is 11.8 Å². The molecule has 1 aromatic rings. The highest BCUT2D eigenvalue weighted by Crippen LogP contribution is 2.22. The van der Waals surface area contributed by atoms with Gasteiger partial charge in [0.05, 0.1) is 6.04 Å². The number of hydrogen-bond acceptors (Lipinski definition) is 2. The van der Waals surface area contributed by atoms with Crippen LogP contribution in [0.25, 0.3) is 0 Å². The van der Waals surface area contributed by atoms with E-state index in [1.165, 1.54) is 0 Å². The quantitative estimate of drug-likeness (QED) is 0.893. The van der Waals surface area contributed by atoms with Gasteiger partial charge in [-0.25, -0.2) is 0 Å². The molecule has 0 aliphatic carbocycles. The van der Waals surface area contributed by atoms with Gasteiger partial charge < -0.3 is 5.73 Å². The van der Waals surface area contributed by atoms with E-state index in [0.717, 1.165) is 5.56 Å². The number of nitrogens with two attached hydrogens (primary N) is 1. The highest BCUT2D eigenvalue weighted by molar-refractivity contribution is 6.35. The van der Waals surface area contributed by atoms with E-state index in [-0.39, 0.29) is 12.2 Å². The molecule has 94 valence electrons. The van der Waals surface area contributed by atoms with Crippen LogP contribution in [0.15, 0.2) is 18.2 Å². The Bertz CT molecular complexity index is 404. The number of carbonyl (C=O) groups is 1. The Morgan fingerprint density at radius 2 is 2.00 bits per heavy atom. The van der Waals surface area contributed by atoms with Crippen molar-refractivity contribution in [3.63, 3.8) is 0 Å². The SMILES string of the molecule is CC(C)CC(N)C(=O)Cc1ccc(Cl)cc1Cl. The van der Waals surface area contributed by atoms with E-state index in [1.807, 2.05) is 13.8 Å². The summed E-state index contributed by atoms with van der Waals surface area (Å²) in [5, 5.41) is 1.08. The molecule has 1 rings (SSSR count). The molecule has 0 aliphatic rings. The number of hydrogen-bond donors (Lipinski definition) is 1. The predicted molar refractivity (Wildman–Crippen MR) is 72.6 cm³/mol. The fourth-order valence-electron chi connectivity index (χ4n) is 1.62. The maximum absolute atomic E-state index is 11.9. The fraction of sp³-hybridized carbons (Fsp3) is 0.462. The lowest BCUT2D eigenvalue weighted by atomic mass is 9.97. The minimum Gasteiger partial charge on any atom is -0.321 e. The number of halogens is 2. The van der Waals surface area contributed by atoms with Gasteiger partial charge in [0.2, 0.25) is 0 Å². The van der Waals surface area contributed by atoms with Crippen LogP contribution in [0, 0.1) is 5.92 Å². The van der Waals surface area contributed by atoms with Crippen LogP contribution in [0.3, 0.4) is 0 Å². The van der Waals surface area contributed by atoms with Crippen LogP contribution < -0.4 is 5.73 Å². The van der Waals surface area contributed by atoms with Crippen molar-refractivity contribution in [1.82, 2.24) is 0 Å². The molecule has 0 saturated heterocycles. The van der Waals surface area contributed by atoms with Gasteiger partial charge in [0.25, 0.3) is 0 Å². The molecule has 0 amide bonds. The van der Waals surface area contributed by atoms with E-state index >= 15 is 0 Å².